The molecular formula is C17H22FIN4O2. The second-order valence-corrected chi connectivity index (χ2v) is 5.78. The van der Waals surface area contributed by atoms with Crippen LogP contribution in [0.2, 0.25) is 0 Å². The second kappa shape index (κ2) is 9.14. The van der Waals surface area contributed by atoms with E-state index in [0.717, 1.165) is 23.8 Å². The Morgan fingerprint density at radius 1 is 1.32 bits per heavy atom. The number of benzene rings is 1. The van der Waals surface area contributed by atoms with Crippen molar-refractivity contribution in [3.05, 3.63) is 53.7 Å². The minimum absolute atomic E-state index is 0. The van der Waals surface area contributed by atoms with E-state index in [0.29, 0.717) is 13.1 Å². The quantitative estimate of drug-likeness (QED) is 0.434. The number of nitrogens with zero attached hydrogens (tertiary/aromatic N) is 3. The molecule has 1 aliphatic rings. The smallest absolute Gasteiger partial charge is 0.194 e. The molecule has 0 saturated carbocycles. The monoisotopic (exact) mass is 460 g/mol. The molecular weight excluding hydrogens is 438 g/mol. The zero-order valence-corrected chi connectivity index (χ0v) is 16.5. The molecule has 0 radical (unpaired) electrons. The van der Waals surface area contributed by atoms with Crippen molar-refractivity contribution < 1.29 is 13.7 Å². The Bertz CT molecular complexity index is 678. The number of morpholine rings is 1. The predicted molar refractivity (Wildman–Crippen MR) is 103 cm³/mol. The van der Waals surface area contributed by atoms with Crippen molar-refractivity contribution >= 4 is 29.9 Å². The lowest BCUT2D eigenvalue weighted by Gasteiger charge is -2.38. The zero-order valence-electron chi connectivity index (χ0n) is 14.2. The third-order valence-corrected chi connectivity index (χ3v) is 3.93. The van der Waals surface area contributed by atoms with Crippen LogP contribution in [0.3, 0.4) is 0 Å². The molecule has 0 bridgehead atoms. The SMILES string of the molecule is CN=C(NCc1ccon1)N1CC(C)OC(c2ccc(F)cc2)C1.I. The summed E-state index contributed by atoms with van der Waals surface area (Å²) in [5.41, 5.74) is 1.77. The molecule has 3 rings (SSSR count). The maximum Gasteiger partial charge on any atom is 0.194 e. The van der Waals surface area contributed by atoms with Crippen LogP contribution in [0, 0.1) is 5.82 Å². The number of nitrogens with one attached hydrogen (secondary N) is 1. The van der Waals surface area contributed by atoms with Crippen LogP contribution in [0.4, 0.5) is 4.39 Å². The van der Waals surface area contributed by atoms with Crippen molar-refractivity contribution in [3.8, 4) is 0 Å². The summed E-state index contributed by atoms with van der Waals surface area (Å²) in [6.45, 7) is 3.94. The first kappa shape index (κ1) is 19.6. The van der Waals surface area contributed by atoms with Crippen molar-refractivity contribution in [3.63, 3.8) is 0 Å². The molecule has 136 valence electrons. The summed E-state index contributed by atoms with van der Waals surface area (Å²) in [4.78, 5) is 6.49. The lowest BCUT2D eigenvalue weighted by atomic mass is 10.1. The van der Waals surface area contributed by atoms with Crippen molar-refractivity contribution in [1.29, 1.82) is 0 Å². The van der Waals surface area contributed by atoms with Gasteiger partial charge in [-0.25, -0.2) is 4.39 Å². The van der Waals surface area contributed by atoms with E-state index in [1.54, 1.807) is 25.4 Å². The van der Waals surface area contributed by atoms with Crippen molar-refractivity contribution in [1.82, 2.24) is 15.4 Å². The third-order valence-electron chi connectivity index (χ3n) is 3.93. The summed E-state index contributed by atoms with van der Waals surface area (Å²) < 4.78 is 24.0. The van der Waals surface area contributed by atoms with Gasteiger partial charge in [0, 0.05) is 19.7 Å². The van der Waals surface area contributed by atoms with Gasteiger partial charge < -0.3 is 19.5 Å². The number of aliphatic imine (C=N–C) groups is 1. The summed E-state index contributed by atoms with van der Waals surface area (Å²) in [5.74, 6) is 0.532. The van der Waals surface area contributed by atoms with Gasteiger partial charge in [-0.15, -0.1) is 24.0 Å². The van der Waals surface area contributed by atoms with Gasteiger partial charge in [0.1, 0.15) is 23.9 Å². The van der Waals surface area contributed by atoms with E-state index in [1.165, 1.54) is 12.1 Å². The maximum absolute atomic E-state index is 13.1. The third kappa shape index (κ3) is 5.15. The molecule has 2 heterocycles. The van der Waals surface area contributed by atoms with Gasteiger partial charge in [-0.3, -0.25) is 4.99 Å². The van der Waals surface area contributed by atoms with E-state index < -0.39 is 0 Å². The highest BCUT2D eigenvalue weighted by Gasteiger charge is 2.28. The largest absolute Gasteiger partial charge is 0.367 e. The summed E-state index contributed by atoms with van der Waals surface area (Å²) >= 11 is 0. The fourth-order valence-electron chi connectivity index (χ4n) is 2.82. The summed E-state index contributed by atoms with van der Waals surface area (Å²) in [6.07, 6.45) is 1.46. The van der Waals surface area contributed by atoms with E-state index in [-0.39, 0.29) is 42.0 Å². The van der Waals surface area contributed by atoms with Crippen LogP contribution in [0.15, 0.2) is 46.1 Å². The molecule has 0 aliphatic carbocycles. The van der Waals surface area contributed by atoms with E-state index in [9.17, 15) is 4.39 Å². The second-order valence-electron chi connectivity index (χ2n) is 5.78. The van der Waals surface area contributed by atoms with Gasteiger partial charge >= 0.3 is 0 Å². The van der Waals surface area contributed by atoms with Crippen LogP contribution in [0.5, 0.6) is 0 Å². The average molecular weight is 460 g/mol. The van der Waals surface area contributed by atoms with Gasteiger partial charge in [-0.1, -0.05) is 17.3 Å². The van der Waals surface area contributed by atoms with Crippen LogP contribution in [0.1, 0.15) is 24.3 Å². The molecule has 2 atom stereocenters. The van der Waals surface area contributed by atoms with Gasteiger partial charge in [0.15, 0.2) is 5.96 Å². The molecule has 1 aromatic heterocycles. The molecule has 1 fully saturated rings. The fraction of sp³-hybridized carbons (Fsp3) is 0.412. The van der Waals surface area contributed by atoms with E-state index in [4.69, 9.17) is 9.26 Å². The standard InChI is InChI=1S/C17H21FN4O2.HI/c1-12-10-22(17(19-2)20-9-15-7-8-23-21-15)11-16(24-12)13-3-5-14(18)6-4-13;/h3-8,12,16H,9-11H2,1-2H3,(H,19,20);1H. The molecule has 1 N–H and O–H groups in total. The van der Waals surface area contributed by atoms with Crippen molar-refractivity contribution in [2.45, 2.75) is 25.7 Å². The zero-order chi connectivity index (χ0) is 16.9. The van der Waals surface area contributed by atoms with Crippen LogP contribution in [-0.4, -0.2) is 42.3 Å². The van der Waals surface area contributed by atoms with Crippen LogP contribution in [0.25, 0.3) is 0 Å². The number of aromatic nitrogens is 1. The average Bonchev–Trinajstić information content (AvgIpc) is 3.09. The van der Waals surface area contributed by atoms with E-state index in [1.807, 2.05) is 13.0 Å². The first-order valence-electron chi connectivity index (χ1n) is 7.91. The topological polar surface area (TPSA) is 62.9 Å². The minimum Gasteiger partial charge on any atom is -0.367 e. The number of ether oxygens (including phenoxy) is 1. The number of hydrogen-bond donors (Lipinski definition) is 1. The number of halogens is 2. The molecule has 25 heavy (non-hydrogen) atoms. The Morgan fingerprint density at radius 2 is 2.08 bits per heavy atom. The Hall–Kier alpha value is -1.68. The summed E-state index contributed by atoms with van der Waals surface area (Å²) in [6, 6.07) is 8.26. The number of rotatable bonds is 3. The molecule has 0 amide bonds. The normalized spacial score (nSPS) is 20.9. The Balaban J connectivity index is 0.00000225. The van der Waals surface area contributed by atoms with Gasteiger partial charge in [0.2, 0.25) is 0 Å². The Kier molecular flexibility index (Phi) is 7.18. The molecule has 8 heteroatoms. The fourth-order valence-corrected chi connectivity index (χ4v) is 2.82. The lowest BCUT2D eigenvalue weighted by molar-refractivity contribution is -0.0605. The highest BCUT2D eigenvalue weighted by Crippen LogP contribution is 2.25. The molecule has 6 nitrogen and oxygen atoms in total. The first-order valence-corrected chi connectivity index (χ1v) is 7.91. The number of guanidine groups is 1. The first-order chi connectivity index (χ1) is 11.7. The highest BCUT2D eigenvalue weighted by molar-refractivity contribution is 14.0. The van der Waals surface area contributed by atoms with Crippen molar-refractivity contribution in [2.75, 3.05) is 20.1 Å². The highest BCUT2D eigenvalue weighted by atomic mass is 127. The minimum atomic E-state index is -0.246. The van der Waals surface area contributed by atoms with E-state index >= 15 is 0 Å². The maximum atomic E-state index is 13.1. The Labute approximate surface area is 163 Å². The summed E-state index contributed by atoms with van der Waals surface area (Å²) in [5, 5.41) is 7.16. The summed E-state index contributed by atoms with van der Waals surface area (Å²) in [7, 11) is 1.75. The van der Waals surface area contributed by atoms with Gasteiger partial charge in [0.05, 0.1) is 19.2 Å². The van der Waals surface area contributed by atoms with E-state index in [2.05, 4.69) is 20.4 Å². The molecule has 2 unspecified atom stereocenters. The van der Waals surface area contributed by atoms with Crippen LogP contribution < -0.4 is 5.32 Å². The van der Waals surface area contributed by atoms with Gasteiger partial charge in [-0.05, 0) is 24.6 Å². The van der Waals surface area contributed by atoms with Crippen molar-refractivity contribution in [2.24, 2.45) is 4.99 Å². The molecule has 1 saturated heterocycles. The number of hydrogen-bond acceptors (Lipinski definition) is 4. The van der Waals surface area contributed by atoms with Crippen LogP contribution >= 0.6 is 24.0 Å². The van der Waals surface area contributed by atoms with Crippen LogP contribution in [-0.2, 0) is 11.3 Å². The molecule has 1 aliphatic heterocycles. The van der Waals surface area contributed by atoms with Gasteiger partial charge in [-0.2, -0.15) is 0 Å². The molecule has 2 aromatic rings. The predicted octanol–water partition coefficient (Wildman–Crippen LogP) is 2.97. The lowest BCUT2D eigenvalue weighted by Crippen LogP contribution is -2.50. The van der Waals surface area contributed by atoms with Gasteiger partial charge in [0.25, 0.3) is 0 Å². The Morgan fingerprint density at radius 3 is 2.72 bits per heavy atom. The molecule has 1 aromatic carbocycles. The molecule has 0 spiro atoms.